The fraction of sp³-hybridized carbons (Fsp3) is 0.286. The predicted octanol–water partition coefficient (Wildman–Crippen LogP) is 3.61. The molecule has 1 N–H and O–H groups in total. The van der Waals surface area contributed by atoms with Crippen LogP contribution in [0, 0.1) is 5.82 Å². The highest BCUT2D eigenvalue weighted by Crippen LogP contribution is 2.17. The molecule has 1 amide bonds. The molecule has 4 rings (SSSR count). The van der Waals surface area contributed by atoms with Gasteiger partial charge in [-0.1, -0.05) is 36.0 Å². The Hall–Kier alpha value is -2.49. The molecule has 1 saturated heterocycles. The van der Waals surface area contributed by atoms with E-state index in [-0.39, 0.29) is 11.7 Å². The van der Waals surface area contributed by atoms with E-state index in [1.165, 1.54) is 28.8 Å². The predicted molar refractivity (Wildman–Crippen MR) is 119 cm³/mol. The molecule has 0 saturated carbocycles. The molecule has 1 fully saturated rings. The van der Waals surface area contributed by atoms with E-state index in [0.717, 1.165) is 38.3 Å². The molecule has 1 aliphatic rings. The number of piperazine rings is 1. The molecule has 2 aromatic heterocycles. The average molecular weight is 444 g/mol. The summed E-state index contributed by atoms with van der Waals surface area (Å²) in [7, 11) is 0. The van der Waals surface area contributed by atoms with Crippen LogP contribution in [0.15, 0.2) is 46.9 Å². The SMILES string of the molecule is O=C(CSc1n[nH]c(/C=C/c2ccc(F)cc2)n1)N1CCN(Cc2cccs2)CC1. The lowest BCUT2D eigenvalue weighted by Crippen LogP contribution is -2.48. The van der Waals surface area contributed by atoms with Gasteiger partial charge in [0.15, 0.2) is 0 Å². The summed E-state index contributed by atoms with van der Waals surface area (Å²) in [5.41, 5.74) is 0.871. The summed E-state index contributed by atoms with van der Waals surface area (Å²) in [6, 6.07) is 10.4. The van der Waals surface area contributed by atoms with Crippen molar-refractivity contribution in [2.24, 2.45) is 0 Å². The van der Waals surface area contributed by atoms with Gasteiger partial charge in [0.2, 0.25) is 11.1 Å². The molecule has 1 aliphatic heterocycles. The maximum atomic E-state index is 12.9. The first-order valence-corrected chi connectivity index (χ1v) is 11.5. The number of thiophene rings is 1. The first-order valence-electron chi connectivity index (χ1n) is 9.67. The lowest BCUT2D eigenvalue weighted by Gasteiger charge is -2.34. The van der Waals surface area contributed by atoms with Crippen LogP contribution in [-0.4, -0.2) is 62.8 Å². The monoisotopic (exact) mass is 443 g/mol. The third kappa shape index (κ3) is 5.78. The minimum absolute atomic E-state index is 0.115. The number of nitrogens with one attached hydrogen (secondary N) is 1. The Labute approximate surface area is 182 Å². The van der Waals surface area contributed by atoms with E-state index in [1.54, 1.807) is 29.5 Å². The summed E-state index contributed by atoms with van der Waals surface area (Å²) in [5.74, 6) is 0.767. The molecule has 0 atom stereocenters. The average Bonchev–Trinajstić information content (AvgIpc) is 3.44. The van der Waals surface area contributed by atoms with Gasteiger partial charge in [-0.05, 0) is 35.2 Å². The molecule has 30 heavy (non-hydrogen) atoms. The van der Waals surface area contributed by atoms with Crippen LogP contribution in [0.25, 0.3) is 12.2 Å². The van der Waals surface area contributed by atoms with Gasteiger partial charge in [0.1, 0.15) is 11.6 Å². The maximum absolute atomic E-state index is 12.9. The number of halogens is 1. The van der Waals surface area contributed by atoms with Crippen LogP contribution in [0.4, 0.5) is 4.39 Å². The summed E-state index contributed by atoms with van der Waals surface area (Å²) in [5, 5.41) is 9.63. The van der Waals surface area contributed by atoms with Gasteiger partial charge in [-0.25, -0.2) is 9.37 Å². The minimum atomic E-state index is -0.265. The van der Waals surface area contributed by atoms with Crippen LogP contribution in [-0.2, 0) is 11.3 Å². The van der Waals surface area contributed by atoms with E-state index < -0.39 is 0 Å². The number of thioether (sulfide) groups is 1. The molecular weight excluding hydrogens is 421 g/mol. The van der Waals surface area contributed by atoms with Gasteiger partial charge in [0, 0.05) is 37.6 Å². The fourth-order valence-electron chi connectivity index (χ4n) is 3.14. The number of aromatic nitrogens is 3. The van der Waals surface area contributed by atoms with Crippen molar-refractivity contribution in [3.05, 3.63) is 63.9 Å². The summed E-state index contributed by atoms with van der Waals surface area (Å²) in [6.45, 7) is 4.26. The molecule has 0 unspecified atom stereocenters. The van der Waals surface area contributed by atoms with E-state index in [4.69, 9.17) is 0 Å². The molecule has 0 radical (unpaired) electrons. The molecule has 156 valence electrons. The van der Waals surface area contributed by atoms with Crippen molar-refractivity contribution in [1.82, 2.24) is 25.0 Å². The van der Waals surface area contributed by atoms with Crippen molar-refractivity contribution in [3.63, 3.8) is 0 Å². The number of nitrogens with zero attached hydrogens (tertiary/aromatic N) is 4. The Balaban J connectivity index is 1.21. The zero-order valence-corrected chi connectivity index (χ0v) is 18.0. The summed E-state index contributed by atoms with van der Waals surface area (Å²) in [6.07, 6.45) is 3.61. The van der Waals surface area contributed by atoms with Crippen molar-refractivity contribution in [1.29, 1.82) is 0 Å². The summed E-state index contributed by atoms with van der Waals surface area (Å²) < 4.78 is 12.9. The Morgan fingerprint density at radius 2 is 1.97 bits per heavy atom. The van der Waals surface area contributed by atoms with E-state index in [2.05, 4.69) is 37.6 Å². The number of benzene rings is 1. The number of hydrogen-bond donors (Lipinski definition) is 1. The second kappa shape index (κ2) is 10.0. The highest BCUT2D eigenvalue weighted by Gasteiger charge is 2.21. The summed E-state index contributed by atoms with van der Waals surface area (Å²) in [4.78, 5) is 22.6. The Kier molecular flexibility index (Phi) is 6.93. The molecule has 3 heterocycles. The number of amides is 1. The number of carbonyl (C=O) groups excluding carboxylic acids is 1. The molecule has 0 spiro atoms. The number of rotatable bonds is 7. The van der Waals surface area contributed by atoms with Crippen molar-refractivity contribution in [2.45, 2.75) is 11.7 Å². The highest BCUT2D eigenvalue weighted by atomic mass is 32.2. The lowest BCUT2D eigenvalue weighted by atomic mass is 10.2. The van der Waals surface area contributed by atoms with Crippen LogP contribution in [0.5, 0.6) is 0 Å². The molecule has 1 aromatic carbocycles. The third-order valence-corrected chi connectivity index (χ3v) is 6.49. The van der Waals surface area contributed by atoms with Crippen LogP contribution in [0.3, 0.4) is 0 Å². The normalized spacial score (nSPS) is 15.2. The van der Waals surface area contributed by atoms with Gasteiger partial charge >= 0.3 is 0 Å². The minimum Gasteiger partial charge on any atom is -0.339 e. The van der Waals surface area contributed by atoms with E-state index in [9.17, 15) is 9.18 Å². The molecule has 9 heteroatoms. The lowest BCUT2D eigenvalue weighted by molar-refractivity contribution is -0.130. The first kappa shape index (κ1) is 20.8. The van der Waals surface area contributed by atoms with E-state index in [1.807, 2.05) is 11.0 Å². The van der Waals surface area contributed by atoms with Gasteiger partial charge in [0.05, 0.1) is 5.75 Å². The fourth-order valence-corrected chi connectivity index (χ4v) is 4.60. The van der Waals surface area contributed by atoms with E-state index in [0.29, 0.717) is 16.7 Å². The molecule has 6 nitrogen and oxygen atoms in total. The van der Waals surface area contributed by atoms with Crippen LogP contribution in [0.1, 0.15) is 16.3 Å². The van der Waals surface area contributed by atoms with Crippen molar-refractivity contribution in [3.8, 4) is 0 Å². The van der Waals surface area contributed by atoms with Gasteiger partial charge in [0.25, 0.3) is 0 Å². The second-order valence-corrected chi connectivity index (χ2v) is 8.89. The zero-order valence-electron chi connectivity index (χ0n) is 16.3. The van der Waals surface area contributed by atoms with Gasteiger partial charge in [-0.2, -0.15) is 0 Å². The smallest absolute Gasteiger partial charge is 0.233 e. The van der Waals surface area contributed by atoms with Crippen molar-refractivity contribution >= 4 is 41.2 Å². The quantitative estimate of drug-likeness (QED) is 0.565. The Bertz CT molecular complexity index is 979. The number of carbonyl (C=O) groups is 1. The molecule has 0 bridgehead atoms. The van der Waals surface area contributed by atoms with Crippen molar-refractivity contribution in [2.75, 3.05) is 31.9 Å². The third-order valence-electron chi connectivity index (χ3n) is 4.80. The first-order chi connectivity index (χ1) is 14.7. The second-order valence-electron chi connectivity index (χ2n) is 6.91. The largest absolute Gasteiger partial charge is 0.339 e. The van der Waals surface area contributed by atoms with Gasteiger partial charge in [-0.3, -0.25) is 14.8 Å². The number of aromatic amines is 1. The zero-order chi connectivity index (χ0) is 20.8. The number of hydrogen-bond acceptors (Lipinski definition) is 6. The van der Waals surface area contributed by atoms with Crippen molar-refractivity contribution < 1.29 is 9.18 Å². The standard InChI is InChI=1S/C21H22FN5OS2/c22-17-6-3-16(4-7-17)5-8-19-23-21(25-24-19)30-15-20(28)27-11-9-26(10-12-27)14-18-2-1-13-29-18/h1-8,13H,9-12,14-15H2,(H,23,24,25)/b8-5+. The molecular formula is C21H22FN5OS2. The Morgan fingerprint density at radius 1 is 1.17 bits per heavy atom. The molecule has 0 aliphatic carbocycles. The topological polar surface area (TPSA) is 65.1 Å². The van der Waals surface area contributed by atoms with E-state index >= 15 is 0 Å². The number of H-pyrrole nitrogens is 1. The van der Waals surface area contributed by atoms with Crippen LogP contribution >= 0.6 is 23.1 Å². The van der Waals surface area contributed by atoms with Crippen LogP contribution in [0.2, 0.25) is 0 Å². The molecule has 3 aromatic rings. The van der Waals surface area contributed by atoms with Gasteiger partial charge < -0.3 is 4.90 Å². The highest BCUT2D eigenvalue weighted by molar-refractivity contribution is 7.99. The van der Waals surface area contributed by atoms with Gasteiger partial charge in [-0.15, -0.1) is 16.4 Å². The van der Waals surface area contributed by atoms with Crippen LogP contribution < -0.4 is 0 Å². The summed E-state index contributed by atoms with van der Waals surface area (Å²) >= 11 is 3.10. The Morgan fingerprint density at radius 3 is 2.70 bits per heavy atom. The maximum Gasteiger partial charge on any atom is 0.233 e.